The predicted octanol–water partition coefficient (Wildman–Crippen LogP) is 2.70. The van der Waals surface area contributed by atoms with E-state index in [4.69, 9.17) is 0 Å². The van der Waals surface area contributed by atoms with Crippen LogP contribution in [0.5, 0.6) is 0 Å². The lowest BCUT2D eigenvalue weighted by molar-refractivity contribution is -0.0763. The van der Waals surface area contributed by atoms with Gasteiger partial charge in [-0.3, -0.25) is 0 Å². The Morgan fingerprint density at radius 3 is 2.00 bits per heavy atom. The van der Waals surface area contributed by atoms with Crippen LogP contribution in [0.25, 0.3) is 0 Å². The van der Waals surface area contributed by atoms with Crippen LogP contribution in [0.2, 0.25) is 0 Å². The lowest BCUT2D eigenvalue weighted by atomic mass is 9.65. The molecule has 0 amide bonds. The third kappa shape index (κ3) is 2.63. The summed E-state index contributed by atoms with van der Waals surface area (Å²) in [4.78, 5) is 2.63. The summed E-state index contributed by atoms with van der Waals surface area (Å²) in [5, 5.41) is -0.287. The van der Waals surface area contributed by atoms with Gasteiger partial charge < -0.3 is 4.90 Å². The highest BCUT2D eigenvalue weighted by Crippen LogP contribution is 2.51. The van der Waals surface area contributed by atoms with E-state index in [1.54, 1.807) is 13.8 Å². The van der Waals surface area contributed by atoms with Crippen LogP contribution < -0.4 is 0 Å². The smallest absolute Gasteiger partial charge is 0.216 e. The average Bonchev–Trinajstić information content (AvgIpc) is 2.36. The first kappa shape index (κ1) is 16.7. The quantitative estimate of drug-likeness (QED) is 0.797. The fraction of sp³-hybridized carbons (Fsp3) is 1.00. The Hall–Kier alpha value is -0.130. The fourth-order valence-corrected chi connectivity index (χ4v) is 6.24. The van der Waals surface area contributed by atoms with Crippen molar-refractivity contribution in [3.05, 3.63) is 0 Å². The van der Waals surface area contributed by atoms with Gasteiger partial charge in [-0.2, -0.15) is 4.31 Å². The Balaban J connectivity index is 1.54. The van der Waals surface area contributed by atoms with Crippen molar-refractivity contribution >= 4 is 10.0 Å². The van der Waals surface area contributed by atoms with Gasteiger partial charge in [-0.25, -0.2) is 8.42 Å². The van der Waals surface area contributed by atoms with Crippen molar-refractivity contribution in [2.45, 2.75) is 76.6 Å². The molecular weight excluding hydrogens is 296 g/mol. The maximum absolute atomic E-state index is 12.4. The van der Waals surface area contributed by atoms with E-state index >= 15 is 0 Å². The highest BCUT2D eigenvalue weighted by Gasteiger charge is 2.59. The van der Waals surface area contributed by atoms with E-state index < -0.39 is 10.0 Å². The zero-order valence-electron chi connectivity index (χ0n) is 14.6. The van der Waals surface area contributed by atoms with E-state index in [1.807, 2.05) is 4.31 Å². The van der Waals surface area contributed by atoms with Gasteiger partial charge in [0.25, 0.3) is 0 Å². The molecule has 2 heterocycles. The first-order valence-electron chi connectivity index (χ1n) is 9.02. The van der Waals surface area contributed by atoms with Crippen molar-refractivity contribution in [3.8, 4) is 0 Å². The molecule has 22 heavy (non-hydrogen) atoms. The van der Waals surface area contributed by atoms with E-state index in [2.05, 4.69) is 18.7 Å². The summed E-state index contributed by atoms with van der Waals surface area (Å²) >= 11 is 0. The largest absolute Gasteiger partial charge is 0.300 e. The van der Waals surface area contributed by atoms with Crippen LogP contribution in [0.1, 0.15) is 59.8 Å². The standard InChI is InChI=1S/C17H32N2O2S/c1-13(2)15-5-8-18(9-6-15)16-11-17(12-16)7-10-19(17)22(20,21)14(3)4/h13-16H,5-12H2,1-4H3. The van der Waals surface area contributed by atoms with Gasteiger partial charge in [0.2, 0.25) is 10.0 Å². The zero-order chi connectivity index (χ0) is 16.1. The molecule has 3 rings (SSSR count). The van der Waals surface area contributed by atoms with E-state index in [-0.39, 0.29) is 10.8 Å². The van der Waals surface area contributed by atoms with Crippen molar-refractivity contribution < 1.29 is 8.42 Å². The number of rotatable bonds is 4. The first-order valence-corrected chi connectivity index (χ1v) is 10.5. The Kier molecular flexibility index (Phi) is 4.37. The molecular formula is C17H32N2O2S. The van der Waals surface area contributed by atoms with Gasteiger partial charge in [-0.15, -0.1) is 0 Å². The number of sulfonamides is 1. The number of nitrogens with zero attached hydrogens (tertiary/aromatic N) is 2. The summed E-state index contributed by atoms with van der Waals surface area (Å²) in [7, 11) is -3.07. The lowest BCUT2D eigenvalue weighted by Crippen LogP contribution is -2.72. The van der Waals surface area contributed by atoms with Crippen LogP contribution in [0.3, 0.4) is 0 Å². The highest BCUT2D eigenvalue weighted by atomic mass is 32.2. The Labute approximate surface area is 136 Å². The van der Waals surface area contributed by atoms with Gasteiger partial charge in [0, 0.05) is 18.1 Å². The highest BCUT2D eigenvalue weighted by molar-refractivity contribution is 7.89. The van der Waals surface area contributed by atoms with Crippen LogP contribution in [0, 0.1) is 11.8 Å². The van der Waals surface area contributed by atoms with Crippen LogP contribution >= 0.6 is 0 Å². The molecule has 0 bridgehead atoms. The monoisotopic (exact) mass is 328 g/mol. The molecule has 0 unspecified atom stereocenters. The maximum atomic E-state index is 12.4. The van der Waals surface area contributed by atoms with Gasteiger partial charge in [0.15, 0.2) is 0 Å². The third-order valence-corrected chi connectivity index (χ3v) is 8.85. The molecule has 2 aliphatic heterocycles. The molecule has 0 radical (unpaired) electrons. The van der Waals surface area contributed by atoms with Gasteiger partial charge in [-0.1, -0.05) is 13.8 Å². The van der Waals surface area contributed by atoms with Crippen molar-refractivity contribution in [2.24, 2.45) is 11.8 Å². The fourth-order valence-electron chi connectivity index (χ4n) is 4.61. The van der Waals surface area contributed by atoms with Crippen LogP contribution in [-0.2, 0) is 10.0 Å². The van der Waals surface area contributed by atoms with Crippen molar-refractivity contribution in [2.75, 3.05) is 19.6 Å². The maximum Gasteiger partial charge on any atom is 0.216 e. The molecule has 1 aliphatic carbocycles. The van der Waals surface area contributed by atoms with Crippen LogP contribution in [0.4, 0.5) is 0 Å². The third-order valence-electron chi connectivity index (χ3n) is 6.48. The molecule has 4 nitrogen and oxygen atoms in total. The van der Waals surface area contributed by atoms with Crippen molar-refractivity contribution in [1.82, 2.24) is 9.21 Å². The van der Waals surface area contributed by atoms with Crippen LogP contribution in [-0.4, -0.2) is 54.1 Å². The van der Waals surface area contributed by atoms with E-state index in [1.165, 1.54) is 25.9 Å². The zero-order valence-corrected chi connectivity index (χ0v) is 15.4. The van der Waals surface area contributed by atoms with Gasteiger partial charge >= 0.3 is 0 Å². The lowest BCUT2D eigenvalue weighted by Gasteiger charge is -2.63. The molecule has 3 aliphatic rings. The average molecular weight is 329 g/mol. The predicted molar refractivity (Wildman–Crippen MR) is 90.3 cm³/mol. The van der Waals surface area contributed by atoms with Crippen molar-refractivity contribution in [1.29, 1.82) is 0 Å². The number of piperidine rings is 1. The summed E-state index contributed by atoms with van der Waals surface area (Å²) < 4.78 is 26.7. The van der Waals surface area contributed by atoms with Gasteiger partial charge in [0.1, 0.15) is 0 Å². The van der Waals surface area contributed by atoms with E-state index in [0.29, 0.717) is 6.04 Å². The Bertz CT molecular complexity index is 501. The Morgan fingerprint density at radius 2 is 1.59 bits per heavy atom. The second-order valence-corrected chi connectivity index (χ2v) is 10.7. The number of hydrogen-bond donors (Lipinski definition) is 0. The minimum absolute atomic E-state index is 0.0112. The second kappa shape index (κ2) is 5.75. The van der Waals surface area contributed by atoms with E-state index in [9.17, 15) is 8.42 Å². The summed E-state index contributed by atoms with van der Waals surface area (Å²) in [6.45, 7) is 11.4. The first-order chi connectivity index (χ1) is 10.3. The topological polar surface area (TPSA) is 40.6 Å². The molecule has 0 aromatic heterocycles. The molecule has 3 fully saturated rings. The molecule has 1 saturated carbocycles. The normalized spacial score (nSPS) is 35.1. The molecule has 1 spiro atoms. The summed E-state index contributed by atoms with van der Waals surface area (Å²) in [5.74, 6) is 1.68. The number of hydrogen-bond acceptors (Lipinski definition) is 3. The molecule has 5 heteroatoms. The van der Waals surface area contributed by atoms with Crippen LogP contribution in [0.15, 0.2) is 0 Å². The molecule has 2 saturated heterocycles. The minimum atomic E-state index is -3.07. The van der Waals surface area contributed by atoms with Crippen molar-refractivity contribution in [3.63, 3.8) is 0 Å². The molecule has 0 aromatic carbocycles. The summed E-state index contributed by atoms with van der Waals surface area (Å²) in [6, 6.07) is 0.623. The number of likely N-dealkylation sites (tertiary alicyclic amines) is 1. The summed E-state index contributed by atoms with van der Waals surface area (Å²) in [5.41, 5.74) is -0.0112. The van der Waals surface area contributed by atoms with Gasteiger partial charge in [0.05, 0.1) is 5.25 Å². The molecule has 128 valence electrons. The molecule has 0 aromatic rings. The van der Waals surface area contributed by atoms with Gasteiger partial charge in [-0.05, 0) is 70.9 Å². The van der Waals surface area contributed by atoms with E-state index in [0.717, 1.165) is 37.6 Å². The second-order valence-electron chi connectivity index (χ2n) is 8.32. The SMILES string of the molecule is CC(C)C1CCN(C2CC3(CCN3S(=O)(=O)C(C)C)C2)CC1. The summed E-state index contributed by atoms with van der Waals surface area (Å²) in [6.07, 6.45) is 5.82. The molecule has 0 atom stereocenters. The Morgan fingerprint density at radius 1 is 1.00 bits per heavy atom. The molecule has 0 N–H and O–H groups in total. The minimum Gasteiger partial charge on any atom is -0.300 e.